The summed E-state index contributed by atoms with van der Waals surface area (Å²) in [6.07, 6.45) is 1.48. The molecule has 1 fully saturated rings. The van der Waals surface area contributed by atoms with Gasteiger partial charge in [0.2, 0.25) is 5.91 Å². The molecule has 140 valence electrons. The molecule has 0 aromatic carbocycles. The van der Waals surface area contributed by atoms with Crippen molar-refractivity contribution in [1.29, 1.82) is 0 Å². The van der Waals surface area contributed by atoms with Gasteiger partial charge in [-0.1, -0.05) is 0 Å². The number of carbonyl (C=O) groups excluding carboxylic acids is 2. The molecule has 2 unspecified atom stereocenters. The Hall–Kier alpha value is -2.64. The maximum atomic E-state index is 12.2. The molecule has 2 aliphatic heterocycles. The topological polar surface area (TPSA) is 189 Å². The molecule has 3 heterocycles. The molecule has 11 nitrogen and oxygen atoms in total. The minimum Gasteiger partial charge on any atom is -0.483 e. The molecule has 0 bridgehead atoms. The van der Waals surface area contributed by atoms with Crippen molar-refractivity contribution in [2.24, 2.45) is 5.73 Å². The van der Waals surface area contributed by atoms with Crippen molar-refractivity contribution in [3.05, 3.63) is 22.8 Å². The normalized spacial score (nSPS) is 22.0. The third-order valence-electron chi connectivity index (χ3n) is 3.50. The summed E-state index contributed by atoms with van der Waals surface area (Å²) in [5.74, 6) is -1.73. The first-order chi connectivity index (χ1) is 12.3. The molecule has 0 spiro atoms. The third kappa shape index (κ3) is 3.79. The predicted molar refractivity (Wildman–Crippen MR) is 92.9 cm³/mol. The summed E-state index contributed by atoms with van der Waals surface area (Å²) in [6, 6.07) is -1.83. The van der Waals surface area contributed by atoms with E-state index >= 15 is 0 Å². The number of hydrogen-bond donors (Lipinski definition) is 5. The van der Waals surface area contributed by atoms with Crippen LogP contribution in [0.15, 0.2) is 17.2 Å². The Balaban J connectivity index is 0.000000758. The lowest BCUT2D eigenvalue weighted by Crippen LogP contribution is -2.70. The fourth-order valence-electron chi connectivity index (χ4n) is 2.36. The van der Waals surface area contributed by atoms with Gasteiger partial charge in [0.15, 0.2) is 5.13 Å². The Kier molecular flexibility index (Phi) is 6.18. The number of fused-ring (bicyclic) bond motifs is 1. The van der Waals surface area contributed by atoms with Crippen LogP contribution in [0.2, 0.25) is 0 Å². The number of nitrogen functional groups attached to an aromatic ring is 1. The molecule has 26 heavy (non-hydrogen) atoms. The Morgan fingerprint density at radius 3 is 2.69 bits per heavy atom. The zero-order valence-corrected chi connectivity index (χ0v) is 14.7. The van der Waals surface area contributed by atoms with Gasteiger partial charge in [-0.2, -0.15) is 0 Å². The van der Waals surface area contributed by atoms with Crippen LogP contribution in [-0.2, 0) is 19.2 Å². The Morgan fingerprint density at radius 1 is 1.50 bits per heavy atom. The zero-order chi connectivity index (χ0) is 19.4. The van der Waals surface area contributed by atoms with Crippen LogP contribution in [0, 0.1) is 0 Å². The fourth-order valence-corrected chi connectivity index (χ4v) is 4.15. The predicted octanol–water partition coefficient (Wildman–Crippen LogP) is -1.21. The van der Waals surface area contributed by atoms with E-state index in [1.165, 1.54) is 34.1 Å². The number of aliphatic carboxylic acids is 1. The highest BCUT2D eigenvalue weighted by Crippen LogP contribution is 2.37. The van der Waals surface area contributed by atoms with Crippen molar-refractivity contribution >= 4 is 52.5 Å². The van der Waals surface area contributed by atoms with Crippen LogP contribution in [0.3, 0.4) is 0 Å². The number of β-lactam (4-membered cyclic amide) rings is 1. The SMILES string of the molecule is Nc1nc(C(N)C(=O)NC2C(=O)N3C(C(=O)O)=CCS[C@@H]23)cs1.O=CO. The first kappa shape index (κ1) is 19.7. The lowest BCUT2D eigenvalue weighted by atomic mass is 10.0. The number of carboxylic acid groups (broad SMARTS) is 2. The molecule has 2 amide bonds. The average molecular weight is 401 g/mol. The molecule has 3 atom stereocenters. The number of aromatic nitrogens is 1. The summed E-state index contributed by atoms with van der Waals surface area (Å²) in [5.41, 5.74) is 11.6. The van der Waals surface area contributed by atoms with E-state index in [0.717, 1.165) is 0 Å². The maximum absolute atomic E-state index is 12.2. The molecule has 0 radical (unpaired) electrons. The number of thioether (sulfide) groups is 1. The van der Waals surface area contributed by atoms with E-state index in [2.05, 4.69) is 10.3 Å². The molecule has 13 heteroatoms. The zero-order valence-electron chi connectivity index (χ0n) is 13.1. The van der Waals surface area contributed by atoms with Crippen molar-refractivity contribution in [1.82, 2.24) is 15.2 Å². The Labute approximate surface area is 155 Å². The summed E-state index contributed by atoms with van der Waals surface area (Å²) < 4.78 is 0. The molecular weight excluding hydrogens is 386 g/mol. The fraction of sp³-hybridized carbons (Fsp3) is 0.308. The molecule has 2 aliphatic rings. The number of thiazole rings is 1. The van der Waals surface area contributed by atoms with Gasteiger partial charge >= 0.3 is 5.97 Å². The summed E-state index contributed by atoms with van der Waals surface area (Å²) in [6.45, 7) is -0.250. The second-order valence-corrected chi connectivity index (χ2v) is 7.05. The highest BCUT2D eigenvalue weighted by Gasteiger charge is 2.53. The average Bonchev–Trinajstić information content (AvgIpc) is 3.04. The van der Waals surface area contributed by atoms with E-state index in [4.69, 9.17) is 26.5 Å². The summed E-state index contributed by atoms with van der Waals surface area (Å²) in [4.78, 5) is 48.9. The van der Waals surface area contributed by atoms with Crippen molar-refractivity contribution in [3.63, 3.8) is 0 Å². The molecule has 0 saturated carbocycles. The molecular formula is C13H15N5O6S2. The molecule has 1 aromatic heterocycles. The van der Waals surface area contributed by atoms with Gasteiger partial charge in [-0.25, -0.2) is 9.78 Å². The number of nitrogens with zero attached hydrogens (tertiary/aromatic N) is 2. The van der Waals surface area contributed by atoms with E-state index in [-0.39, 0.29) is 12.2 Å². The summed E-state index contributed by atoms with van der Waals surface area (Å²) in [5, 5.41) is 20.0. The van der Waals surface area contributed by atoms with Gasteiger partial charge in [0, 0.05) is 11.1 Å². The van der Waals surface area contributed by atoms with Crippen molar-refractivity contribution in [2.45, 2.75) is 17.5 Å². The lowest BCUT2D eigenvalue weighted by Gasteiger charge is -2.48. The highest BCUT2D eigenvalue weighted by atomic mass is 32.2. The third-order valence-corrected chi connectivity index (χ3v) is 5.38. The first-order valence-electron chi connectivity index (χ1n) is 7.04. The van der Waals surface area contributed by atoms with Crippen LogP contribution >= 0.6 is 23.1 Å². The van der Waals surface area contributed by atoms with Gasteiger partial charge in [-0.15, -0.1) is 23.1 Å². The summed E-state index contributed by atoms with van der Waals surface area (Å²) >= 11 is 2.54. The smallest absolute Gasteiger partial charge is 0.352 e. The number of anilines is 1. The Morgan fingerprint density at radius 2 is 2.15 bits per heavy atom. The van der Waals surface area contributed by atoms with Crippen molar-refractivity contribution in [2.75, 3.05) is 11.5 Å². The molecule has 0 aliphatic carbocycles. The quantitative estimate of drug-likeness (QED) is 0.302. The van der Waals surface area contributed by atoms with E-state index in [9.17, 15) is 14.4 Å². The monoisotopic (exact) mass is 401 g/mol. The van der Waals surface area contributed by atoms with Gasteiger partial charge in [0.25, 0.3) is 12.4 Å². The molecule has 1 saturated heterocycles. The number of amides is 2. The van der Waals surface area contributed by atoms with Crippen LogP contribution in [0.25, 0.3) is 0 Å². The first-order valence-corrected chi connectivity index (χ1v) is 8.97. The van der Waals surface area contributed by atoms with Gasteiger partial charge in [-0.05, 0) is 6.08 Å². The van der Waals surface area contributed by atoms with E-state index in [1.807, 2.05) is 0 Å². The number of carboxylic acids is 1. The van der Waals surface area contributed by atoms with E-state index in [0.29, 0.717) is 16.6 Å². The largest absolute Gasteiger partial charge is 0.483 e. The second kappa shape index (κ2) is 8.16. The van der Waals surface area contributed by atoms with Crippen LogP contribution in [-0.4, -0.2) is 61.5 Å². The van der Waals surface area contributed by atoms with Crippen molar-refractivity contribution < 1.29 is 29.4 Å². The second-order valence-electron chi connectivity index (χ2n) is 5.01. The standard InChI is InChI=1S/C12H13N5O4S2.CH2O2/c13-6(4-3-23-12(14)15-4)8(18)16-7-9(19)17-5(11(20)21)1-2-22-10(7)17;2-1-3/h1,3,6-7,10H,2,13H2,(H2,14,15)(H,16,18)(H,20,21);1H,(H,2,3)/t6?,7?,10-;/m0./s1. The van der Waals surface area contributed by atoms with E-state index in [1.54, 1.807) is 5.38 Å². The van der Waals surface area contributed by atoms with Crippen LogP contribution in [0.4, 0.5) is 5.13 Å². The number of nitrogens with two attached hydrogens (primary N) is 2. The molecule has 3 rings (SSSR count). The van der Waals surface area contributed by atoms with Crippen LogP contribution < -0.4 is 16.8 Å². The number of nitrogens with one attached hydrogen (secondary N) is 1. The van der Waals surface area contributed by atoms with Crippen LogP contribution in [0.1, 0.15) is 11.7 Å². The van der Waals surface area contributed by atoms with Gasteiger partial charge in [0.1, 0.15) is 23.2 Å². The van der Waals surface area contributed by atoms with Crippen molar-refractivity contribution in [3.8, 4) is 0 Å². The maximum Gasteiger partial charge on any atom is 0.352 e. The summed E-state index contributed by atoms with van der Waals surface area (Å²) in [7, 11) is 0. The van der Waals surface area contributed by atoms with Gasteiger partial charge < -0.3 is 27.0 Å². The number of carbonyl (C=O) groups is 4. The lowest BCUT2D eigenvalue weighted by molar-refractivity contribution is -0.150. The van der Waals surface area contributed by atoms with E-state index < -0.39 is 35.2 Å². The molecule has 7 N–H and O–H groups in total. The number of rotatable bonds is 4. The highest BCUT2D eigenvalue weighted by molar-refractivity contribution is 8.00. The minimum absolute atomic E-state index is 0.0548. The minimum atomic E-state index is -1.16. The number of hydrogen-bond acceptors (Lipinski definition) is 9. The van der Waals surface area contributed by atoms with Gasteiger partial charge in [0.05, 0.1) is 5.69 Å². The van der Waals surface area contributed by atoms with Crippen LogP contribution in [0.5, 0.6) is 0 Å². The Bertz CT molecular complexity index is 766. The van der Waals surface area contributed by atoms with Gasteiger partial charge in [-0.3, -0.25) is 19.3 Å². The molecule has 1 aromatic rings.